The topological polar surface area (TPSA) is 81.2 Å². The van der Waals surface area contributed by atoms with Gasteiger partial charge in [0.2, 0.25) is 17.2 Å². The Hall–Kier alpha value is -1.53. The first-order chi connectivity index (χ1) is 19.2. The van der Waals surface area contributed by atoms with Crippen molar-refractivity contribution < 1.29 is 8.85 Å². The van der Waals surface area contributed by atoms with E-state index in [-0.39, 0.29) is 39.0 Å². The van der Waals surface area contributed by atoms with E-state index in [2.05, 4.69) is 126 Å². The number of hydrogen-bond donors (Lipinski definition) is 2. The lowest BCUT2D eigenvalue weighted by Crippen LogP contribution is -2.46. The van der Waals surface area contributed by atoms with Crippen molar-refractivity contribution in [2.24, 2.45) is 5.92 Å². The number of nitrogens with zero attached hydrogens (tertiary/aromatic N) is 3. The SMILES string of the molecule is CC1(C)CC(Nc2nc(Cl)nc(NC3CC(CO[Si](C)(C)C(C)(C)C)C(O[Si](C)(C)C(C)(C)C)C3)n2)c2ccccc21. The summed E-state index contributed by atoms with van der Waals surface area (Å²) in [5, 5.41) is 7.64. The van der Waals surface area contributed by atoms with Gasteiger partial charge in [0.15, 0.2) is 16.6 Å². The molecule has 0 bridgehead atoms. The van der Waals surface area contributed by atoms with Gasteiger partial charge in [0.1, 0.15) is 0 Å². The Morgan fingerprint density at radius 3 is 2.10 bits per heavy atom. The van der Waals surface area contributed by atoms with Gasteiger partial charge in [-0.15, -0.1) is 0 Å². The average Bonchev–Trinajstić information content (AvgIpc) is 3.32. The second-order valence-electron chi connectivity index (χ2n) is 16.2. The normalized spacial score (nSPS) is 24.5. The van der Waals surface area contributed by atoms with Gasteiger partial charge in [-0.2, -0.15) is 15.0 Å². The highest BCUT2D eigenvalue weighted by Gasteiger charge is 2.46. The Morgan fingerprint density at radius 2 is 1.48 bits per heavy atom. The number of nitrogens with one attached hydrogen (secondary N) is 2. The molecule has 2 aliphatic carbocycles. The molecule has 0 saturated heterocycles. The van der Waals surface area contributed by atoms with Crippen molar-refractivity contribution in [3.63, 3.8) is 0 Å². The van der Waals surface area contributed by atoms with Crippen LogP contribution in [0, 0.1) is 5.92 Å². The van der Waals surface area contributed by atoms with Crippen molar-refractivity contribution in [1.29, 1.82) is 0 Å². The van der Waals surface area contributed by atoms with Crippen LogP contribution in [0.4, 0.5) is 11.9 Å². The summed E-state index contributed by atoms with van der Waals surface area (Å²) < 4.78 is 13.8. The third-order valence-corrected chi connectivity index (χ3v) is 19.5. The molecule has 0 amide bonds. The third-order valence-electron chi connectivity index (χ3n) is 10.4. The lowest BCUT2D eigenvalue weighted by atomic mass is 9.86. The summed E-state index contributed by atoms with van der Waals surface area (Å²) in [6.45, 7) is 28.4. The van der Waals surface area contributed by atoms with Gasteiger partial charge in [0.05, 0.1) is 12.1 Å². The number of hydrogen-bond acceptors (Lipinski definition) is 7. The lowest BCUT2D eigenvalue weighted by Gasteiger charge is -2.41. The maximum absolute atomic E-state index is 7.03. The lowest BCUT2D eigenvalue weighted by molar-refractivity contribution is 0.101. The zero-order valence-corrected chi connectivity index (χ0v) is 30.7. The minimum Gasteiger partial charge on any atom is -0.416 e. The fourth-order valence-corrected chi connectivity index (χ4v) is 8.33. The summed E-state index contributed by atoms with van der Waals surface area (Å²) in [7, 11) is -3.85. The highest BCUT2D eigenvalue weighted by atomic mass is 35.5. The Kier molecular flexibility index (Phi) is 9.35. The summed E-state index contributed by atoms with van der Waals surface area (Å²) in [5.74, 6) is 1.31. The minimum atomic E-state index is -1.97. The maximum Gasteiger partial charge on any atom is 0.229 e. The molecule has 42 heavy (non-hydrogen) atoms. The summed E-state index contributed by atoms with van der Waals surface area (Å²) in [5.41, 5.74) is 2.74. The van der Waals surface area contributed by atoms with Gasteiger partial charge < -0.3 is 19.5 Å². The summed E-state index contributed by atoms with van der Waals surface area (Å²) in [6, 6.07) is 8.89. The van der Waals surface area contributed by atoms with E-state index in [1.807, 2.05) is 0 Å². The zero-order chi connectivity index (χ0) is 31.3. The van der Waals surface area contributed by atoms with E-state index >= 15 is 0 Å². The first kappa shape index (κ1) is 33.4. The van der Waals surface area contributed by atoms with Gasteiger partial charge in [0, 0.05) is 18.6 Å². The van der Waals surface area contributed by atoms with Gasteiger partial charge in [-0.3, -0.25) is 0 Å². The molecule has 0 spiro atoms. The predicted octanol–water partition coefficient (Wildman–Crippen LogP) is 8.96. The summed E-state index contributed by atoms with van der Waals surface area (Å²) >= 11 is 6.44. The molecule has 1 heterocycles. The van der Waals surface area contributed by atoms with Gasteiger partial charge in [0.25, 0.3) is 0 Å². The van der Waals surface area contributed by atoms with Crippen molar-refractivity contribution in [2.45, 2.75) is 135 Å². The van der Waals surface area contributed by atoms with Crippen LogP contribution in [0.3, 0.4) is 0 Å². The molecule has 2 N–H and O–H groups in total. The molecule has 4 unspecified atom stereocenters. The van der Waals surface area contributed by atoms with Crippen molar-refractivity contribution >= 4 is 40.1 Å². The van der Waals surface area contributed by atoms with Crippen molar-refractivity contribution in [2.75, 3.05) is 17.2 Å². The second kappa shape index (κ2) is 11.8. The number of fused-ring (bicyclic) bond motifs is 1. The van der Waals surface area contributed by atoms with Crippen LogP contribution in [0.25, 0.3) is 0 Å². The molecule has 10 heteroatoms. The number of halogens is 1. The molecule has 4 atom stereocenters. The second-order valence-corrected chi connectivity index (χ2v) is 26.1. The Bertz CT molecular complexity index is 1260. The first-order valence-electron chi connectivity index (χ1n) is 15.5. The quantitative estimate of drug-likeness (QED) is 0.267. The zero-order valence-electron chi connectivity index (χ0n) is 28.0. The Labute approximate surface area is 261 Å². The number of rotatable bonds is 9. The molecule has 0 aliphatic heterocycles. The molecule has 234 valence electrons. The molecule has 2 aliphatic rings. The molecule has 7 nitrogen and oxygen atoms in total. The largest absolute Gasteiger partial charge is 0.416 e. The van der Waals surface area contributed by atoms with E-state index in [1.165, 1.54) is 11.1 Å². The van der Waals surface area contributed by atoms with E-state index in [0.717, 1.165) is 25.9 Å². The molecule has 1 aromatic heterocycles. The fraction of sp³-hybridized carbons (Fsp3) is 0.719. The molecular formula is C32H54ClN5O2Si2. The molecular weight excluding hydrogens is 578 g/mol. The van der Waals surface area contributed by atoms with Crippen LogP contribution >= 0.6 is 11.6 Å². The molecule has 1 saturated carbocycles. The van der Waals surface area contributed by atoms with Crippen LogP contribution in [0.1, 0.15) is 91.8 Å². The van der Waals surface area contributed by atoms with Crippen LogP contribution < -0.4 is 10.6 Å². The maximum atomic E-state index is 7.03. The van der Waals surface area contributed by atoms with Gasteiger partial charge in [-0.1, -0.05) is 79.7 Å². The van der Waals surface area contributed by atoms with Crippen LogP contribution in [-0.4, -0.2) is 50.3 Å². The highest BCUT2D eigenvalue weighted by Crippen LogP contribution is 2.46. The van der Waals surface area contributed by atoms with E-state index < -0.39 is 16.6 Å². The molecule has 0 radical (unpaired) electrons. The van der Waals surface area contributed by atoms with E-state index in [0.29, 0.717) is 17.8 Å². The monoisotopic (exact) mass is 631 g/mol. The van der Waals surface area contributed by atoms with Gasteiger partial charge >= 0.3 is 0 Å². The van der Waals surface area contributed by atoms with E-state index in [1.54, 1.807) is 0 Å². The average molecular weight is 632 g/mol. The molecule has 4 rings (SSSR count). The van der Waals surface area contributed by atoms with Crippen LogP contribution in [0.2, 0.25) is 41.5 Å². The minimum absolute atomic E-state index is 0.0800. The third kappa shape index (κ3) is 7.40. The van der Waals surface area contributed by atoms with Gasteiger partial charge in [-0.25, -0.2) is 0 Å². The summed E-state index contributed by atoms with van der Waals surface area (Å²) in [6.07, 6.45) is 2.90. The van der Waals surface area contributed by atoms with E-state index in [4.69, 9.17) is 25.4 Å². The highest BCUT2D eigenvalue weighted by molar-refractivity contribution is 6.74. The van der Waals surface area contributed by atoms with Crippen molar-refractivity contribution in [1.82, 2.24) is 15.0 Å². The van der Waals surface area contributed by atoms with Crippen molar-refractivity contribution in [3.8, 4) is 0 Å². The fourth-order valence-electron chi connectivity index (χ4n) is 5.70. The standard InChI is InChI=1S/C32H54ClN5O2Si2/c1-30(2,3)41(9,10)39-20-21-17-22(18-26(21)40-42(11,12)31(4,5)6)34-28-36-27(33)37-29(38-28)35-25-19-32(7,8)24-16-14-13-15-23(24)25/h13-16,21-22,25-26H,17-20H2,1-12H3,(H2,34,35,36,37,38). The molecule has 1 fully saturated rings. The van der Waals surface area contributed by atoms with Gasteiger partial charge in [-0.05, 0) is 83.7 Å². The van der Waals surface area contributed by atoms with Crippen LogP contribution in [-0.2, 0) is 14.3 Å². The molecule has 2 aromatic rings. The Balaban J connectivity index is 1.50. The Morgan fingerprint density at radius 1 is 0.881 bits per heavy atom. The number of anilines is 2. The van der Waals surface area contributed by atoms with Crippen molar-refractivity contribution in [3.05, 3.63) is 40.7 Å². The smallest absolute Gasteiger partial charge is 0.229 e. The van der Waals surface area contributed by atoms with Crippen LogP contribution in [0.15, 0.2) is 24.3 Å². The van der Waals surface area contributed by atoms with E-state index in [9.17, 15) is 0 Å². The predicted molar refractivity (Wildman–Crippen MR) is 181 cm³/mol. The number of benzene rings is 1. The van der Waals surface area contributed by atoms with Crippen LogP contribution in [0.5, 0.6) is 0 Å². The first-order valence-corrected chi connectivity index (χ1v) is 21.7. The molecule has 1 aromatic carbocycles. The summed E-state index contributed by atoms with van der Waals surface area (Å²) in [4.78, 5) is 13.7. The number of aromatic nitrogens is 3.